The molecule has 0 saturated heterocycles. The van der Waals surface area contributed by atoms with Gasteiger partial charge in [-0.2, -0.15) is 0 Å². The molecule has 4 aromatic carbocycles. The molecular weight excluding hydrogens is 656 g/mol. The van der Waals surface area contributed by atoms with Crippen LogP contribution in [0.2, 0.25) is 0 Å². The maximum Gasteiger partial charge on any atom is 0.319 e. The number of fused-ring (bicyclic) bond motifs is 2. The van der Waals surface area contributed by atoms with E-state index in [2.05, 4.69) is 6.92 Å². The zero-order chi connectivity index (χ0) is 35.6. The first-order valence-electron chi connectivity index (χ1n) is 16.7. The molecule has 2 heterocycles. The van der Waals surface area contributed by atoms with Gasteiger partial charge in [0.1, 0.15) is 58.7 Å². The largest absolute Gasteiger partial charge is 0.507 e. The summed E-state index contributed by atoms with van der Waals surface area (Å²) in [4.78, 5) is 17.3. The number of aromatic hydroxyl groups is 1. The molecule has 1 aliphatic heterocycles. The Morgan fingerprint density at radius 2 is 1.70 bits per heavy atom. The zero-order valence-corrected chi connectivity index (χ0v) is 30.2. The molecule has 50 heavy (non-hydrogen) atoms. The summed E-state index contributed by atoms with van der Waals surface area (Å²) in [5.41, 5.74) is 6.98. The summed E-state index contributed by atoms with van der Waals surface area (Å²) in [7, 11) is 3.35. The van der Waals surface area contributed by atoms with Gasteiger partial charge >= 0.3 is 5.97 Å². The van der Waals surface area contributed by atoms with Crippen LogP contribution in [0.5, 0.6) is 23.0 Å². The van der Waals surface area contributed by atoms with Gasteiger partial charge in [0.15, 0.2) is 0 Å². The van der Waals surface area contributed by atoms with E-state index in [9.17, 15) is 14.3 Å². The maximum atomic E-state index is 13.3. The maximum absolute atomic E-state index is 13.3. The quantitative estimate of drug-likeness (QED) is 0.131. The van der Waals surface area contributed by atoms with E-state index in [4.69, 9.17) is 23.9 Å². The predicted molar refractivity (Wildman–Crippen MR) is 194 cm³/mol. The average molecular weight is 699 g/mol. The van der Waals surface area contributed by atoms with Gasteiger partial charge in [-0.3, -0.25) is 4.79 Å². The fourth-order valence-corrected chi connectivity index (χ4v) is 7.40. The first kappa shape index (κ1) is 35.1. The summed E-state index contributed by atoms with van der Waals surface area (Å²) in [6.07, 6.45) is 2.09. The number of imidazole rings is 1. The zero-order valence-electron chi connectivity index (χ0n) is 29.3. The van der Waals surface area contributed by atoms with E-state index in [0.717, 1.165) is 74.6 Å². The summed E-state index contributed by atoms with van der Waals surface area (Å²) in [6, 6.07) is 19.8. The minimum absolute atomic E-state index is 0.276. The Morgan fingerprint density at radius 3 is 2.42 bits per heavy atom. The molecule has 0 aliphatic carbocycles. The molecule has 2 atom stereocenters. The molecule has 0 fully saturated rings. The number of halogens is 1. The second-order valence-corrected chi connectivity index (χ2v) is 14.4. The third-order valence-electron chi connectivity index (χ3n) is 9.62. The number of esters is 1. The normalized spacial score (nSPS) is 16.1. The number of aryl methyl sites for hydroxylation is 1. The molecule has 0 saturated carbocycles. The molecule has 1 aliphatic rings. The van der Waals surface area contributed by atoms with Crippen LogP contribution in [0, 0.1) is 26.6 Å². The minimum atomic E-state index is -0.507. The van der Waals surface area contributed by atoms with E-state index in [1.165, 1.54) is 31.0 Å². The predicted octanol–water partition coefficient (Wildman–Crippen LogP) is 8.10. The summed E-state index contributed by atoms with van der Waals surface area (Å²) >= 11 is 1.47. The van der Waals surface area contributed by atoms with Crippen LogP contribution in [0.1, 0.15) is 52.5 Å². The van der Waals surface area contributed by atoms with Gasteiger partial charge in [-0.1, -0.05) is 24.3 Å². The lowest BCUT2D eigenvalue weighted by Crippen LogP contribution is -2.42. The van der Waals surface area contributed by atoms with Gasteiger partial charge in [0.2, 0.25) is 0 Å². The fourth-order valence-electron chi connectivity index (χ4n) is 6.27. The van der Waals surface area contributed by atoms with Gasteiger partial charge in [-0.25, -0.2) is 9.37 Å². The fraction of sp³-hybridized carbons (Fsp3) is 0.350. The highest BCUT2D eigenvalue weighted by Gasteiger charge is 2.35. The van der Waals surface area contributed by atoms with Crippen LogP contribution in [-0.4, -0.2) is 45.2 Å². The van der Waals surface area contributed by atoms with Crippen molar-refractivity contribution >= 4 is 28.8 Å². The monoisotopic (exact) mass is 698 g/mol. The van der Waals surface area contributed by atoms with Gasteiger partial charge in [0, 0.05) is 24.4 Å². The minimum Gasteiger partial charge on any atom is -0.507 e. The number of hydrogen-bond acceptors (Lipinski definition) is 8. The number of rotatable bonds is 12. The summed E-state index contributed by atoms with van der Waals surface area (Å²) < 4.78 is 39.3. The average Bonchev–Trinajstić information content (AvgIpc) is 3.44. The SMILES string of the molecule is COC(=O)C(Cc1ccc(OCc2nc3ccc(OCC4(C)CCc5c(C)c(O)c(C)c(C)c5O4)cc3n2C)cc1)SCc1ccc(F)cc1. The van der Waals surface area contributed by atoms with Crippen molar-refractivity contribution in [1.82, 2.24) is 9.55 Å². The Hall–Kier alpha value is -4.70. The van der Waals surface area contributed by atoms with Crippen LogP contribution in [0.3, 0.4) is 0 Å². The lowest BCUT2D eigenvalue weighted by Gasteiger charge is -2.37. The molecule has 10 heteroatoms. The summed E-state index contributed by atoms with van der Waals surface area (Å²) in [5.74, 6) is 3.40. The number of thioether (sulfide) groups is 1. The van der Waals surface area contributed by atoms with E-state index in [1.54, 1.807) is 12.1 Å². The van der Waals surface area contributed by atoms with Crippen molar-refractivity contribution in [3.63, 3.8) is 0 Å². The second-order valence-electron chi connectivity index (χ2n) is 13.2. The molecule has 8 nitrogen and oxygen atoms in total. The number of ether oxygens (including phenoxy) is 4. The molecule has 1 aromatic heterocycles. The van der Waals surface area contributed by atoms with Crippen molar-refractivity contribution in [1.29, 1.82) is 0 Å². The molecule has 5 aromatic rings. The number of carbonyl (C=O) groups excluding carboxylic acids is 1. The number of aromatic nitrogens is 2. The van der Waals surface area contributed by atoms with E-state index in [0.29, 0.717) is 30.3 Å². The number of phenolic OH excluding ortho intramolecular Hbond substituents is 1. The highest BCUT2D eigenvalue weighted by molar-refractivity contribution is 7.99. The number of benzene rings is 4. The van der Waals surface area contributed by atoms with Crippen molar-refractivity contribution in [2.45, 2.75) is 70.2 Å². The molecule has 0 spiro atoms. The highest BCUT2D eigenvalue weighted by Crippen LogP contribution is 2.43. The van der Waals surface area contributed by atoms with Crippen molar-refractivity contribution in [2.75, 3.05) is 13.7 Å². The van der Waals surface area contributed by atoms with Crippen LogP contribution >= 0.6 is 11.8 Å². The molecule has 6 rings (SSSR count). The van der Waals surface area contributed by atoms with Crippen LogP contribution in [-0.2, 0) is 41.8 Å². The van der Waals surface area contributed by atoms with Gasteiger partial charge < -0.3 is 28.6 Å². The van der Waals surface area contributed by atoms with Crippen molar-refractivity contribution in [3.05, 3.63) is 112 Å². The Labute approximate surface area is 296 Å². The first-order chi connectivity index (χ1) is 23.9. The molecule has 0 bridgehead atoms. The van der Waals surface area contributed by atoms with Crippen molar-refractivity contribution in [2.24, 2.45) is 7.05 Å². The highest BCUT2D eigenvalue weighted by atomic mass is 32.2. The number of nitrogens with zero attached hydrogens (tertiary/aromatic N) is 2. The first-order valence-corrected chi connectivity index (χ1v) is 17.7. The Kier molecular flexibility index (Phi) is 10.3. The lowest BCUT2D eigenvalue weighted by molar-refractivity contribution is -0.139. The molecular formula is C40H43FN2O6S. The Bertz CT molecular complexity index is 2010. The number of carbonyl (C=O) groups is 1. The number of phenols is 1. The lowest BCUT2D eigenvalue weighted by atomic mass is 9.87. The van der Waals surface area contributed by atoms with E-state index >= 15 is 0 Å². The van der Waals surface area contributed by atoms with Crippen molar-refractivity contribution < 1.29 is 33.2 Å². The molecule has 0 radical (unpaired) electrons. The van der Waals surface area contributed by atoms with Crippen LogP contribution in [0.15, 0.2) is 66.7 Å². The van der Waals surface area contributed by atoms with Crippen LogP contribution in [0.25, 0.3) is 11.0 Å². The molecule has 262 valence electrons. The van der Waals surface area contributed by atoms with Gasteiger partial charge in [0.25, 0.3) is 0 Å². The van der Waals surface area contributed by atoms with Crippen LogP contribution in [0.4, 0.5) is 4.39 Å². The van der Waals surface area contributed by atoms with E-state index < -0.39 is 10.9 Å². The third-order valence-corrected chi connectivity index (χ3v) is 10.9. The number of hydrogen-bond donors (Lipinski definition) is 1. The molecule has 0 amide bonds. The van der Waals surface area contributed by atoms with E-state index in [-0.39, 0.29) is 18.4 Å². The number of methoxy groups -OCH3 is 1. The summed E-state index contributed by atoms with van der Waals surface area (Å²) in [5, 5.41) is 10.1. The second kappa shape index (κ2) is 14.6. The molecule has 1 N–H and O–H groups in total. The van der Waals surface area contributed by atoms with Gasteiger partial charge in [-0.15, -0.1) is 11.8 Å². The Morgan fingerprint density at radius 1 is 1.00 bits per heavy atom. The van der Waals surface area contributed by atoms with Gasteiger partial charge in [0.05, 0.1) is 18.1 Å². The summed E-state index contributed by atoms with van der Waals surface area (Å²) in [6.45, 7) is 8.60. The van der Waals surface area contributed by atoms with E-state index in [1.807, 2.05) is 74.9 Å². The van der Waals surface area contributed by atoms with Gasteiger partial charge in [-0.05, 0) is 111 Å². The smallest absolute Gasteiger partial charge is 0.319 e. The third kappa shape index (κ3) is 7.55. The Balaban J connectivity index is 1.06. The molecule has 2 unspecified atom stereocenters. The van der Waals surface area contributed by atoms with Crippen molar-refractivity contribution in [3.8, 4) is 23.0 Å². The standard InChI is InChI=1S/C40H43FN2O6S/c1-24-25(2)38-32(26(3)37(24)44)17-18-40(4,49-38)23-48-31-15-16-33-34(20-31)43(5)36(42-33)21-47-30-13-9-27(10-14-30)19-35(39(45)46-6)50-22-28-7-11-29(41)12-8-28/h7-16,20,35,44H,17-19,21-23H2,1-6H3. The topological polar surface area (TPSA) is 92.0 Å². The van der Waals surface area contributed by atoms with Crippen LogP contribution < -0.4 is 14.2 Å².